The molecule has 4 heteroatoms. The van der Waals surface area contributed by atoms with Crippen molar-refractivity contribution >= 4 is 34.0 Å². The summed E-state index contributed by atoms with van der Waals surface area (Å²) in [6.07, 6.45) is 3.84. The second-order valence-corrected chi connectivity index (χ2v) is 6.44. The lowest BCUT2D eigenvalue weighted by Gasteiger charge is -2.24. The van der Waals surface area contributed by atoms with Crippen LogP contribution in [0.15, 0.2) is 30.5 Å². The molecular formula is C14H19N3S. The normalized spacial score (nSPS) is 11.7. The molecular weight excluding hydrogens is 242 g/mol. The number of rotatable bonds is 4. The van der Waals surface area contributed by atoms with Gasteiger partial charge in [0.15, 0.2) is 0 Å². The molecule has 1 aromatic heterocycles. The van der Waals surface area contributed by atoms with Gasteiger partial charge in [0.25, 0.3) is 0 Å². The van der Waals surface area contributed by atoms with E-state index in [-0.39, 0.29) is 4.75 Å². The third-order valence-corrected chi connectivity index (χ3v) is 4.30. The maximum atomic E-state index is 6.03. The molecule has 18 heavy (non-hydrogen) atoms. The Kier molecular flexibility index (Phi) is 3.66. The number of para-hydroxylation sites is 1. The van der Waals surface area contributed by atoms with E-state index in [1.165, 1.54) is 0 Å². The molecule has 0 saturated heterocycles. The van der Waals surface area contributed by atoms with Crippen LogP contribution in [-0.4, -0.2) is 22.5 Å². The van der Waals surface area contributed by atoms with Crippen LogP contribution >= 0.6 is 11.8 Å². The van der Waals surface area contributed by atoms with Gasteiger partial charge in [0, 0.05) is 16.7 Å². The highest BCUT2D eigenvalue weighted by Gasteiger charge is 2.16. The van der Waals surface area contributed by atoms with Crippen molar-refractivity contribution < 1.29 is 0 Å². The van der Waals surface area contributed by atoms with Gasteiger partial charge in [-0.25, -0.2) is 0 Å². The number of benzene rings is 1. The number of hydrogen-bond acceptors (Lipinski definition) is 4. The summed E-state index contributed by atoms with van der Waals surface area (Å²) in [5.74, 6) is 0. The molecule has 0 saturated carbocycles. The van der Waals surface area contributed by atoms with Crippen LogP contribution in [-0.2, 0) is 0 Å². The molecule has 96 valence electrons. The second-order valence-electron chi connectivity index (χ2n) is 4.92. The van der Waals surface area contributed by atoms with Crippen molar-refractivity contribution in [2.45, 2.75) is 18.6 Å². The number of pyridine rings is 1. The van der Waals surface area contributed by atoms with Crippen molar-refractivity contribution in [3.05, 3.63) is 30.5 Å². The third-order valence-electron chi connectivity index (χ3n) is 3.05. The summed E-state index contributed by atoms with van der Waals surface area (Å²) >= 11 is 1.84. The molecule has 0 fully saturated rings. The Labute approximate surface area is 112 Å². The first kappa shape index (κ1) is 13.0. The fourth-order valence-corrected chi connectivity index (χ4v) is 1.94. The number of anilines is 2. The number of thioether (sulfide) groups is 1. The lowest BCUT2D eigenvalue weighted by Crippen LogP contribution is -2.26. The van der Waals surface area contributed by atoms with Crippen molar-refractivity contribution in [2.24, 2.45) is 0 Å². The molecule has 3 nitrogen and oxygen atoms in total. The molecule has 0 aliphatic heterocycles. The van der Waals surface area contributed by atoms with Gasteiger partial charge in [-0.05, 0) is 26.2 Å². The lowest BCUT2D eigenvalue weighted by atomic mass is 10.1. The van der Waals surface area contributed by atoms with E-state index in [1.807, 2.05) is 36.0 Å². The number of nitrogen functional groups attached to an aromatic ring is 1. The zero-order chi connectivity index (χ0) is 13.2. The largest absolute Gasteiger partial charge is 0.396 e. The van der Waals surface area contributed by atoms with Gasteiger partial charge in [0.05, 0.1) is 23.1 Å². The summed E-state index contributed by atoms with van der Waals surface area (Å²) in [4.78, 5) is 4.34. The van der Waals surface area contributed by atoms with Crippen molar-refractivity contribution in [1.82, 2.24) is 4.98 Å². The first-order chi connectivity index (χ1) is 8.53. The molecule has 0 atom stereocenters. The van der Waals surface area contributed by atoms with Crippen LogP contribution in [0.4, 0.5) is 11.4 Å². The average molecular weight is 261 g/mol. The van der Waals surface area contributed by atoms with Crippen molar-refractivity contribution in [3.8, 4) is 0 Å². The minimum absolute atomic E-state index is 0.177. The van der Waals surface area contributed by atoms with Gasteiger partial charge in [-0.15, -0.1) is 0 Å². The Balaban J connectivity index is 2.35. The Hall–Kier alpha value is -1.42. The highest BCUT2D eigenvalue weighted by molar-refractivity contribution is 7.99. The highest BCUT2D eigenvalue weighted by Crippen LogP contribution is 2.29. The molecule has 0 spiro atoms. The fourth-order valence-electron chi connectivity index (χ4n) is 1.73. The summed E-state index contributed by atoms with van der Waals surface area (Å²) in [6, 6.07) is 8.04. The van der Waals surface area contributed by atoms with E-state index in [4.69, 9.17) is 5.73 Å². The Morgan fingerprint density at radius 2 is 2.06 bits per heavy atom. The topological polar surface area (TPSA) is 50.9 Å². The van der Waals surface area contributed by atoms with Crippen LogP contribution in [0, 0.1) is 0 Å². The first-order valence-electron chi connectivity index (χ1n) is 5.96. The summed E-state index contributed by atoms with van der Waals surface area (Å²) in [6.45, 7) is 5.29. The standard InChI is InChI=1S/C14H19N3S/c1-14(2,18-3)9-17-13-10-6-4-5-7-12(10)16-8-11(13)15/h4-8H,9,15H2,1-3H3,(H,16,17). The Morgan fingerprint density at radius 3 is 2.78 bits per heavy atom. The molecule has 0 aliphatic carbocycles. The minimum atomic E-state index is 0.177. The van der Waals surface area contributed by atoms with Gasteiger partial charge in [0.1, 0.15) is 0 Å². The van der Waals surface area contributed by atoms with Gasteiger partial charge in [-0.3, -0.25) is 4.98 Å². The van der Waals surface area contributed by atoms with E-state index >= 15 is 0 Å². The van der Waals surface area contributed by atoms with Crippen LogP contribution < -0.4 is 11.1 Å². The Bertz CT molecular complexity index is 552. The monoisotopic (exact) mass is 261 g/mol. The maximum Gasteiger partial charge on any atom is 0.0743 e. The van der Waals surface area contributed by atoms with Crippen LogP contribution in [0.1, 0.15) is 13.8 Å². The molecule has 2 rings (SSSR count). The van der Waals surface area contributed by atoms with Gasteiger partial charge in [0.2, 0.25) is 0 Å². The highest BCUT2D eigenvalue weighted by atomic mass is 32.2. The molecule has 1 aromatic carbocycles. The number of nitrogens with two attached hydrogens (primary N) is 1. The first-order valence-corrected chi connectivity index (χ1v) is 7.18. The minimum Gasteiger partial charge on any atom is -0.396 e. The van der Waals surface area contributed by atoms with Crippen LogP contribution in [0.25, 0.3) is 10.9 Å². The maximum absolute atomic E-state index is 6.03. The zero-order valence-electron chi connectivity index (χ0n) is 11.0. The number of aromatic nitrogens is 1. The van der Waals surface area contributed by atoms with Crippen LogP contribution in [0.3, 0.4) is 0 Å². The van der Waals surface area contributed by atoms with Crippen LogP contribution in [0.2, 0.25) is 0 Å². The van der Waals surface area contributed by atoms with Crippen molar-refractivity contribution in [1.29, 1.82) is 0 Å². The molecule has 0 radical (unpaired) electrons. The summed E-state index contributed by atoms with van der Waals surface area (Å²) < 4.78 is 0.177. The predicted octanol–water partition coefficient (Wildman–Crippen LogP) is 3.37. The van der Waals surface area contributed by atoms with Crippen molar-refractivity contribution in [3.63, 3.8) is 0 Å². The lowest BCUT2D eigenvalue weighted by molar-refractivity contribution is 0.753. The third kappa shape index (κ3) is 2.70. The average Bonchev–Trinajstić information content (AvgIpc) is 2.37. The molecule has 2 aromatic rings. The molecule has 0 unspecified atom stereocenters. The SMILES string of the molecule is CSC(C)(C)CNc1c(N)cnc2ccccc12. The van der Waals surface area contributed by atoms with E-state index in [9.17, 15) is 0 Å². The second kappa shape index (κ2) is 5.06. The number of fused-ring (bicyclic) bond motifs is 1. The molecule has 3 N–H and O–H groups in total. The van der Waals surface area contributed by atoms with Crippen LogP contribution in [0.5, 0.6) is 0 Å². The van der Waals surface area contributed by atoms with Gasteiger partial charge >= 0.3 is 0 Å². The van der Waals surface area contributed by atoms with Crippen molar-refractivity contribution in [2.75, 3.05) is 23.9 Å². The van der Waals surface area contributed by atoms with E-state index in [2.05, 4.69) is 30.4 Å². The molecule has 0 bridgehead atoms. The molecule has 1 heterocycles. The number of nitrogens with zero attached hydrogens (tertiary/aromatic N) is 1. The smallest absolute Gasteiger partial charge is 0.0743 e. The predicted molar refractivity (Wildman–Crippen MR) is 82.2 cm³/mol. The number of nitrogens with one attached hydrogen (secondary N) is 1. The van der Waals surface area contributed by atoms with E-state index in [0.717, 1.165) is 23.1 Å². The quantitative estimate of drug-likeness (QED) is 0.886. The molecule has 0 amide bonds. The summed E-state index contributed by atoms with van der Waals surface area (Å²) in [7, 11) is 0. The van der Waals surface area contributed by atoms with Gasteiger partial charge in [-0.1, -0.05) is 18.2 Å². The Morgan fingerprint density at radius 1 is 1.33 bits per heavy atom. The number of hydrogen-bond donors (Lipinski definition) is 2. The molecule has 0 aliphatic rings. The van der Waals surface area contributed by atoms with E-state index in [1.54, 1.807) is 6.20 Å². The zero-order valence-corrected chi connectivity index (χ0v) is 11.8. The van der Waals surface area contributed by atoms with E-state index in [0.29, 0.717) is 5.69 Å². The summed E-state index contributed by atoms with van der Waals surface area (Å²) in [5.41, 5.74) is 8.68. The fraction of sp³-hybridized carbons (Fsp3) is 0.357. The van der Waals surface area contributed by atoms with E-state index < -0.39 is 0 Å². The van der Waals surface area contributed by atoms with Gasteiger partial charge < -0.3 is 11.1 Å². The van der Waals surface area contributed by atoms with Gasteiger partial charge in [-0.2, -0.15) is 11.8 Å². The summed E-state index contributed by atoms with van der Waals surface area (Å²) in [5, 5.41) is 4.54.